The second kappa shape index (κ2) is 8.30. The highest BCUT2D eigenvalue weighted by molar-refractivity contribution is 7.09. The van der Waals surface area contributed by atoms with Crippen LogP contribution in [0.25, 0.3) is 11.0 Å². The number of carbonyl (C=O) groups excluding carboxylic acids is 2. The van der Waals surface area contributed by atoms with Gasteiger partial charge in [0.05, 0.1) is 23.7 Å². The number of pyridine rings is 1. The molecule has 4 rings (SSSR count). The molecule has 4 heterocycles. The first-order valence-electron chi connectivity index (χ1n) is 9.48. The molecule has 0 unspecified atom stereocenters. The fraction of sp³-hybridized carbons (Fsp3) is 0.400. The number of hydrogen-bond acceptors (Lipinski definition) is 6. The Balaban J connectivity index is 1.55. The van der Waals surface area contributed by atoms with Crippen molar-refractivity contribution in [2.24, 2.45) is 0 Å². The summed E-state index contributed by atoms with van der Waals surface area (Å²) in [6, 6.07) is 5.89. The van der Waals surface area contributed by atoms with E-state index in [1.54, 1.807) is 27.3 Å². The molecule has 1 aliphatic heterocycles. The quantitative estimate of drug-likeness (QED) is 0.637. The van der Waals surface area contributed by atoms with Crippen molar-refractivity contribution < 1.29 is 14.3 Å². The van der Waals surface area contributed by atoms with Crippen molar-refractivity contribution in [3.05, 3.63) is 45.9 Å². The van der Waals surface area contributed by atoms with E-state index in [9.17, 15) is 9.59 Å². The van der Waals surface area contributed by atoms with E-state index in [1.807, 2.05) is 29.1 Å². The molecule has 0 spiro atoms. The Bertz CT molecular complexity index is 1020. The first-order valence-corrected chi connectivity index (χ1v) is 10.4. The van der Waals surface area contributed by atoms with Crippen molar-refractivity contribution >= 4 is 34.2 Å². The molecule has 3 aromatic rings. The van der Waals surface area contributed by atoms with Gasteiger partial charge in [-0.1, -0.05) is 6.07 Å². The van der Waals surface area contributed by atoms with Crippen LogP contribution in [-0.2, 0) is 16.1 Å². The number of thiophene rings is 1. The van der Waals surface area contributed by atoms with Crippen LogP contribution < -0.4 is 0 Å². The maximum atomic E-state index is 13.2. The molecule has 0 aromatic carbocycles. The number of aromatic nitrogens is 3. The second-order valence-corrected chi connectivity index (χ2v) is 8.07. The number of hydrogen-bond donors (Lipinski definition) is 0. The normalized spacial score (nSPS) is 14.6. The van der Waals surface area contributed by atoms with Gasteiger partial charge in [0.25, 0.3) is 5.91 Å². The zero-order chi connectivity index (χ0) is 20.4. The fourth-order valence-electron chi connectivity index (χ4n) is 3.56. The Hall–Kier alpha value is -2.78. The highest BCUT2D eigenvalue weighted by atomic mass is 32.1. The summed E-state index contributed by atoms with van der Waals surface area (Å²) in [5.41, 5.74) is 2.11. The molecule has 0 aliphatic carbocycles. The predicted molar refractivity (Wildman–Crippen MR) is 110 cm³/mol. The van der Waals surface area contributed by atoms with Crippen LogP contribution in [0.15, 0.2) is 29.8 Å². The van der Waals surface area contributed by atoms with E-state index >= 15 is 0 Å². The number of rotatable bonds is 5. The molecular weight excluding hydrogens is 390 g/mol. The van der Waals surface area contributed by atoms with Gasteiger partial charge in [-0.25, -0.2) is 9.67 Å². The lowest BCUT2D eigenvalue weighted by molar-refractivity contribution is -0.136. The summed E-state index contributed by atoms with van der Waals surface area (Å²) < 4.78 is 6.75. The Morgan fingerprint density at radius 3 is 2.66 bits per heavy atom. The van der Waals surface area contributed by atoms with Gasteiger partial charge >= 0.3 is 0 Å². The van der Waals surface area contributed by atoms with E-state index < -0.39 is 0 Å². The highest BCUT2D eigenvalue weighted by Gasteiger charge is 2.26. The number of carbonyl (C=O) groups is 2. The van der Waals surface area contributed by atoms with Gasteiger partial charge in [-0.3, -0.25) is 9.59 Å². The van der Waals surface area contributed by atoms with Crippen LogP contribution in [0.1, 0.15) is 20.9 Å². The molecule has 0 atom stereocenters. The monoisotopic (exact) mass is 413 g/mol. The predicted octanol–water partition coefficient (Wildman–Crippen LogP) is 1.78. The maximum absolute atomic E-state index is 13.2. The lowest BCUT2D eigenvalue weighted by Gasteiger charge is -2.34. The van der Waals surface area contributed by atoms with Crippen molar-refractivity contribution in [2.45, 2.75) is 13.5 Å². The van der Waals surface area contributed by atoms with Gasteiger partial charge in [0.1, 0.15) is 6.61 Å². The number of ether oxygens (including phenoxy) is 1. The third-order valence-corrected chi connectivity index (χ3v) is 5.90. The van der Waals surface area contributed by atoms with Crippen LogP contribution in [0.3, 0.4) is 0 Å². The molecule has 152 valence electrons. The number of fused-ring (bicyclic) bond motifs is 1. The van der Waals surface area contributed by atoms with Crippen LogP contribution in [0.4, 0.5) is 0 Å². The Labute approximate surface area is 172 Å². The average molecular weight is 414 g/mol. The van der Waals surface area contributed by atoms with E-state index in [-0.39, 0.29) is 18.4 Å². The van der Waals surface area contributed by atoms with E-state index in [0.717, 1.165) is 16.7 Å². The number of methoxy groups -OCH3 is 1. The first-order chi connectivity index (χ1) is 14.1. The van der Waals surface area contributed by atoms with Crippen LogP contribution >= 0.6 is 11.3 Å². The molecule has 0 bridgehead atoms. The van der Waals surface area contributed by atoms with Gasteiger partial charge in [-0.05, 0) is 24.4 Å². The summed E-state index contributed by atoms with van der Waals surface area (Å²) in [5, 5.41) is 7.27. The van der Waals surface area contributed by atoms with E-state index in [2.05, 4.69) is 16.1 Å². The Morgan fingerprint density at radius 2 is 1.97 bits per heavy atom. The van der Waals surface area contributed by atoms with Gasteiger partial charge < -0.3 is 14.5 Å². The number of piperazine rings is 1. The van der Waals surface area contributed by atoms with Gasteiger partial charge in [0, 0.05) is 43.9 Å². The van der Waals surface area contributed by atoms with Gasteiger partial charge in [-0.15, -0.1) is 11.3 Å². The third-order valence-electron chi connectivity index (χ3n) is 5.04. The first kappa shape index (κ1) is 19.5. The van der Waals surface area contributed by atoms with Crippen LogP contribution in [0, 0.1) is 6.92 Å². The summed E-state index contributed by atoms with van der Waals surface area (Å²) in [6.07, 6.45) is 1.72. The van der Waals surface area contributed by atoms with Crippen molar-refractivity contribution in [1.82, 2.24) is 24.6 Å². The standard InChI is InChI=1S/C20H23N5O3S/c1-14-10-16(20(27)24-7-5-23(6-8-24)18(26)13-28-2)17-11-21-25(19(17)22-14)12-15-4-3-9-29-15/h3-4,9-11H,5-8,12-13H2,1-2H3. The summed E-state index contributed by atoms with van der Waals surface area (Å²) in [7, 11) is 1.51. The SMILES string of the molecule is COCC(=O)N1CCN(C(=O)c2cc(C)nc3c2cnn3Cc2cccs2)CC1. The number of nitrogens with zero attached hydrogens (tertiary/aromatic N) is 5. The van der Waals surface area contributed by atoms with Crippen molar-refractivity contribution in [2.75, 3.05) is 39.9 Å². The molecule has 0 saturated carbocycles. The maximum Gasteiger partial charge on any atom is 0.254 e. The molecule has 1 aliphatic rings. The van der Waals surface area contributed by atoms with Gasteiger partial charge in [-0.2, -0.15) is 5.10 Å². The summed E-state index contributed by atoms with van der Waals surface area (Å²) in [6.45, 7) is 4.62. The van der Waals surface area contributed by atoms with Crippen molar-refractivity contribution in [3.8, 4) is 0 Å². The minimum absolute atomic E-state index is 0.0448. The van der Waals surface area contributed by atoms with Gasteiger partial charge in [0.2, 0.25) is 5.91 Å². The summed E-state index contributed by atoms with van der Waals surface area (Å²) in [4.78, 5) is 34.5. The Morgan fingerprint density at radius 1 is 1.21 bits per heavy atom. The number of aryl methyl sites for hydroxylation is 1. The molecule has 1 saturated heterocycles. The average Bonchev–Trinajstić information content (AvgIpc) is 3.38. The van der Waals surface area contributed by atoms with Crippen molar-refractivity contribution in [1.29, 1.82) is 0 Å². The molecule has 0 radical (unpaired) electrons. The Kier molecular flexibility index (Phi) is 5.59. The molecule has 0 N–H and O–H groups in total. The molecular formula is C20H23N5O3S. The fourth-order valence-corrected chi connectivity index (χ4v) is 4.25. The van der Waals surface area contributed by atoms with Crippen molar-refractivity contribution in [3.63, 3.8) is 0 Å². The summed E-state index contributed by atoms with van der Waals surface area (Å²) in [5.74, 6) is -0.0911. The largest absolute Gasteiger partial charge is 0.375 e. The molecule has 9 heteroatoms. The topological polar surface area (TPSA) is 80.6 Å². The zero-order valence-corrected chi connectivity index (χ0v) is 17.3. The molecule has 3 aromatic heterocycles. The van der Waals surface area contributed by atoms with Crippen LogP contribution in [0.5, 0.6) is 0 Å². The second-order valence-electron chi connectivity index (χ2n) is 7.04. The summed E-state index contributed by atoms with van der Waals surface area (Å²) >= 11 is 1.67. The van der Waals surface area contributed by atoms with E-state index in [1.165, 1.54) is 12.0 Å². The molecule has 29 heavy (non-hydrogen) atoms. The molecule has 2 amide bonds. The lowest BCUT2D eigenvalue weighted by Crippen LogP contribution is -2.51. The molecule has 8 nitrogen and oxygen atoms in total. The van der Waals surface area contributed by atoms with Crippen LogP contribution in [-0.4, -0.2) is 76.3 Å². The minimum Gasteiger partial charge on any atom is -0.375 e. The zero-order valence-electron chi connectivity index (χ0n) is 16.5. The highest BCUT2D eigenvalue weighted by Crippen LogP contribution is 2.22. The lowest BCUT2D eigenvalue weighted by atomic mass is 10.1. The smallest absolute Gasteiger partial charge is 0.254 e. The van der Waals surface area contributed by atoms with Gasteiger partial charge in [0.15, 0.2) is 5.65 Å². The number of amides is 2. The molecule has 1 fully saturated rings. The van der Waals surface area contributed by atoms with E-state index in [4.69, 9.17) is 4.74 Å². The third kappa shape index (κ3) is 4.01. The minimum atomic E-state index is -0.0463. The van der Waals surface area contributed by atoms with Crippen LogP contribution in [0.2, 0.25) is 0 Å². The van der Waals surface area contributed by atoms with E-state index in [0.29, 0.717) is 38.3 Å².